The predicted molar refractivity (Wildman–Crippen MR) is 45.0 cm³/mol. The Hall–Kier alpha value is -1.06. The van der Waals surface area contributed by atoms with Gasteiger partial charge < -0.3 is 10.0 Å². The summed E-state index contributed by atoms with van der Waals surface area (Å²) in [5, 5.41) is 8.93. The lowest BCUT2D eigenvalue weighted by atomic mass is 9.99. The number of likely N-dealkylation sites (tertiary alicyclic amines) is 1. The molecule has 4 heteroatoms. The minimum absolute atomic E-state index is 0.0521. The number of nitrogens with zero attached hydrogens (tertiary/aromatic N) is 1. The summed E-state index contributed by atoms with van der Waals surface area (Å²) in [4.78, 5) is 23.8. The second-order valence-corrected chi connectivity index (χ2v) is 4.06. The Bertz CT molecular complexity index is 264. The van der Waals surface area contributed by atoms with Crippen molar-refractivity contribution >= 4 is 11.9 Å². The molecule has 1 aliphatic carbocycles. The van der Waals surface area contributed by atoms with Crippen molar-refractivity contribution in [2.45, 2.75) is 25.3 Å². The van der Waals surface area contributed by atoms with E-state index >= 15 is 0 Å². The molecule has 0 aromatic heterocycles. The number of carbonyl (C=O) groups is 2. The van der Waals surface area contributed by atoms with Crippen molar-refractivity contribution in [1.82, 2.24) is 4.90 Å². The fraction of sp³-hybridized carbons (Fsp3) is 0.778. The van der Waals surface area contributed by atoms with Crippen LogP contribution in [0.2, 0.25) is 0 Å². The summed E-state index contributed by atoms with van der Waals surface area (Å²) in [6, 6.07) is -0.0521. The zero-order valence-electron chi connectivity index (χ0n) is 7.56. The van der Waals surface area contributed by atoms with Gasteiger partial charge >= 0.3 is 5.97 Å². The van der Waals surface area contributed by atoms with Crippen LogP contribution in [0.15, 0.2) is 0 Å². The lowest BCUT2D eigenvalue weighted by Crippen LogP contribution is -2.43. The van der Waals surface area contributed by atoms with E-state index in [9.17, 15) is 9.59 Å². The maximum atomic E-state index is 11.4. The van der Waals surface area contributed by atoms with Gasteiger partial charge in [0, 0.05) is 19.5 Å². The van der Waals surface area contributed by atoms with Crippen LogP contribution in [0.3, 0.4) is 0 Å². The van der Waals surface area contributed by atoms with Gasteiger partial charge in [-0.15, -0.1) is 0 Å². The van der Waals surface area contributed by atoms with Gasteiger partial charge in [-0.1, -0.05) is 0 Å². The molecule has 4 nitrogen and oxygen atoms in total. The first kappa shape index (κ1) is 8.53. The molecule has 0 aromatic carbocycles. The standard InChI is InChI=1S/C9H13NO3/c1-10-7-3-5(4-8(10)11)2-6(7)9(12)13/h5-7H,2-4H2,1H3,(H,12,13)/t5-,6+,7+/m1/s1. The number of carbonyl (C=O) groups excluding carboxylic acids is 1. The average molecular weight is 183 g/mol. The number of hydrogen-bond acceptors (Lipinski definition) is 2. The zero-order chi connectivity index (χ0) is 9.59. The third-order valence-electron chi connectivity index (χ3n) is 3.30. The number of carboxylic acids is 1. The van der Waals surface area contributed by atoms with E-state index < -0.39 is 5.97 Å². The van der Waals surface area contributed by atoms with Gasteiger partial charge in [0.25, 0.3) is 0 Å². The number of carboxylic acid groups (broad SMARTS) is 1. The van der Waals surface area contributed by atoms with Gasteiger partial charge in [0.05, 0.1) is 5.92 Å². The molecule has 1 amide bonds. The van der Waals surface area contributed by atoms with Crippen molar-refractivity contribution in [2.75, 3.05) is 7.05 Å². The van der Waals surface area contributed by atoms with Crippen molar-refractivity contribution in [3.05, 3.63) is 0 Å². The summed E-state index contributed by atoms with van der Waals surface area (Å²) >= 11 is 0. The zero-order valence-corrected chi connectivity index (χ0v) is 7.56. The Morgan fingerprint density at radius 1 is 1.54 bits per heavy atom. The van der Waals surface area contributed by atoms with Gasteiger partial charge in [0.15, 0.2) is 0 Å². The average Bonchev–Trinajstić information content (AvgIpc) is 2.41. The Morgan fingerprint density at radius 3 is 2.85 bits per heavy atom. The van der Waals surface area contributed by atoms with Gasteiger partial charge in [-0.3, -0.25) is 9.59 Å². The first-order valence-corrected chi connectivity index (χ1v) is 4.58. The highest BCUT2D eigenvalue weighted by atomic mass is 16.4. The first-order chi connectivity index (χ1) is 6.09. The second kappa shape index (κ2) is 2.72. The van der Waals surface area contributed by atoms with E-state index in [2.05, 4.69) is 0 Å². The second-order valence-electron chi connectivity index (χ2n) is 4.06. The maximum absolute atomic E-state index is 11.4. The molecule has 1 saturated carbocycles. The number of amides is 1. The molecule has 2 rings (SSSR count). The molecule has 13 heavy (non-hydrogen) atoms. The molecular formula is C9H13NO3. The van der Waals surface area contributed by atoms with E-state index in [1.807, 2.05) is 0 Å². The van der Waals surface area contributed by atoms with Crippen LogP contribution in [-0.2, 0) is 9.59 Å². The Balaban J connectivity index is 2.21. The highest BCUT2D eigenvalue weighted by Crippen LogP contribution is 2.40. The SMILES string of the molecule is CN1C(=O)C[C@@H]2C[C@H](C(=O)O)[C@@H]1C2. The summed E-state index contributed by atoms with van der Waals surface area (Å²) < 4.78 is 0. The van der Waals surface area contributed by atoms with Crippen LogP contribution in [0.4, 0.5) is 0 Å². The van der Waals surface area contributed by atoms with E-state index in [4.69, 9.17) is 5.11 Å². The lowest BCUT2D eigenvalue weighted by Gasteiger charge is -2.30. The number of fused-ring (bicyclic) bond motifs is 2. The molecule has 0 aromatic rings. The maximum Gasteiger partial charge on any atom is 0.308 e. The van der Waals surface area contributed by atoms with Gasteiger partial charge in [-0.25, -0.2) is 0 Å². The number of hydrogen-bond donors (Lipinski definition) is 1. The predicted octanol–water partition coefficient (Wildman–Crippen LogP) is 0.328. The first-order valence-electron chi connectivity index (χ1n) is 4.58. The van der Waals surface area contributed by atoms with Crippen molar-refractivity contribution in [3.63, 3.8) is 0 Å². The monoisotopic (exact) mass is 183 g/mol. The van der Waals surface area contributed by atoms with E-state index in [1.54, 1.807) is 11.9 Å². The normalized spacial score (nSPS) is 38.1. The van der Waals surface area contributed by atoms with Crippen LogP contribution in [0.25, 0.3) is 0 Å². The summed E-state index contributed by atoms with van der Waals surface area (Å²) in [6.45, 7) is 0. The molecule has 0 unspecified atom stereocenters. The fourth-order valence-corrected chi connectivity index (χ4v) is 2.55. The summed E-state index contributed by atoms with van der Waals surface area (Å²) in [6.07, 6.45) is 2.09. The summed E-state index contributed by atoms with van der Waals surface area (Å²) in [5.74, 6) is -0.671. The molecule has 2 aliphatic rings. The topological polar surface area (TPSA) is 57.6 Å². The molecular weight excluding hydrogens is 170 g/mol. The highest BCUT2D eigenvalue weighted by Gasteiger charge is 2.46. The van der Waals surface area contributed by atoms with E-state index in [0.29, 0.717) is 18.8 Å². The summed E-state index contributed by atoms with van der Waals surface area (Å²) in [7, 11) is 1.71. The van der Waals surface area contributed by atoms with Gasteiger partial charge in [-0.2, -0.15) is 0 Å². The third kappa shape index (κ3) is 1.20. The molecule has 3 atom stereocenters. The summed E-state index contributed by atoms with van der Waals surface area (Å²) in [5.41, 5.74) is 0. The number of aliphatic carboxylic acids is 1. The molecule has 1 heterocycles. The molecule has 1 saturated heterocycles. The van der Waals surface area contributed by atoms with Crippen LogP contribution in [0, 0.1) is 11.8 Å². The van der Waals surface area contributed by atoms with Crippen LogP contribution >= 0.6 is 0 Å². The quantitative estimate of drug-likeness (QED) is 0.637. The van der Waals surface area contributed by atoms with Crippen LogP contribution < -0.4 is 0 Å². The molecule has 2 bridgehead atoms. The van der Waals surface area contributed by atoms with Gasteiger partial charge in [-0.05, 0) is 18.8 Å². The minimum Gasteiger partial charge on any atom is -0.481 e. The van der Waals surface area contributed by atoms with E-state index in [0.717, 1.165) is 6.42 Å². The smallest absolute Gasteiger partial charge is 0.308 e. The Labute approximate surface area is 76.5 Å². The van der Waals surface area contributed by atoms with Gasteiger partial charge in [0.2, 0.25) is 5.91 Å². The fourth-order valence-electron chi connectivity index (χ4n) is 2.55. The third-order valence-corrected chi connectivity index (χ3v) is 3.30. The van der Waals surface area contributed by atoms with Crippen LogP contribution in [0.5, 0.6) is 0 Å². The highest BCUT2D eigenvalue weighted by molar-refractivity contribution is 5.80. The van der Waals surface area contributed by atoms with Gasteiger partial charge in [0.1, 0.15) is 0 Å². The van der Waals surface area contributed by atoms with Crippen molar-refractivity contribution in [2.24, 2.45) is 11.8 Å². The molecule has 1 aliphatic heterocycles. The van der Waals surface area contributed by atoms with E-state index in [-0.39, 0.29) is 17.9 Å². The largest absolute Gasteiger partial charge is 0.481 e. The van der Waals surface area contributed by atoms with Crippen molar-refractivity contribution < 1.29 is 14.7 Å². The molecule has 0 radical (unpaired) electrons. The Kier molecular flexibility index (Phi) is 1.78. The molecule has 2 fully saturated rings. The lowest BCUT2D eigenvalue weighted by molar-refractivity contribution is -0.144. The Morgan fingerprint density at radius 2 is 2.23 bits per heavy atom. The molecule has 72 valence electrons. The van der Waals surface area contributed by atoms with Crippen molar-refractivity contribution in [1.29, 1.82) is 0 Å². The van der Waals surface area contributed by atoms with Crippen molar-refractivity contribution in [3.8, 4) is 0 Å². The van der Waals surface area contributed by atoms with Crippen LogP contribution in [-0.4, -0.2) is 35.0 Å². The number of piperidine rings is 1. The molecule has 1 N–H and O–H groups in total. The number of rotatable bonds is 1. The van der Waals surface area contributed by atoms with E-state index in [1.165, 1.54) is 0 Å². The molecule has 0 spiro atoms. The minimum atomic E-state index is -0.756. The van der Waals surface area contributed by atoms with Crippen LogP contribution in [0.1, 0.15) is 19.3 Å².